The largest absolute Gasteiger partial charge is 0.352 e. The molecule has 3 aromatic carbocycles. The molecule has 0 fully saturated rings. The number of nitrogens with zero attached hydrogens (tertiary/aromatic N) is 1. The SMILES string of the molecule is CC(C)NC(=O)C(Cc1ccccc1)N(Cc1ccccc1F)C(=O)Cc1c(Cl)cccc1Cl. The predicted octanol–water partition coefficient (Wildman–Crippen LogP) is 5.84. The van der Waals surface area contributed by atoms with Crippen LogP contribution in [-0.2, 0) is 29.0 Å². The second-order valence-electron chi connectivity index (χ2n) is 8.36. The van der Waals surface area contributed by atoms with Crippen molar-refractivity contribution in [1.29, 1.82) is 0 Å². The van der Waals surface area contributed by atoms with Crippen molar-refractivity contribution in [2.75, 3.05) is 0 Å². The molecule has 0 heterocycles. The van der Waals surface area contributed by atoms with Crippen molar-refractivity contribution in [2.45, 2.75) is 45.3 Å². The smallest absolute Gasteiger partial charge is 0.243 e. The van der Waals surface area contributed by atoms with Gasteiger partial charge in [-0.1, -0.05) is 77.8 Å². The van der Waals surface area contributed by atoms with Gasteiger partial charge in [0.25, 0.3) is 0 Å². The zero-order valence-corrected chi connectivity index (χ0v) is 20.6. The van der Waals surface area contributed by atoms with Crippen LogP contribution >= 0.6 is 23.2 Å². The number of hydrogen-bond acceptors (Lipinski definition) is 2. The van der Waals surface area contributed by atoms with Gasteiger partial charge < -0.3 is 10.2 Å². The summed E-state index contributed by atoms with van der Waals surface area (Å²) in [4.78, 5) is 28.4. The second kappa shape index (κ2) is 12.0. The van der Waals surface area contributed by atoms with Gasteiger partial charge in [-0.2, -0.15) is 0 Å². The van der Waals surface area contributed by atoms with Gasteiger partial charge in [-0.15, -0.1) is 0 Å². The highest BCUT2D eigenvalue weighted by Crippen LogP contribution is 2.26. The Morgan fingerprint density at radius 2 is 1.53 bits per heavy atom. The summed E-state index contributed by atoms with van der Waals surface area (Å²) in [7, 11) is 0. The van der Waals surface area contributed by atoms with E-state index in [1.54, 1.807) is 36.4 Å². The minimum atomic E-state index is -0.863. The lowest BCUT2D eigenvalue weighted by Crippen LogP contribution is -2.52. The van der Waals surface area contributed by atoms with Crippen molar-refractivity contribution in [3.63, 3.8) is 0 Å². The van der Waals surface area contributed by atoms with E-state index in [1.807, 2.05) is 44.2 Å². The van der Waals surface area contributed by atoms with E-state index < -0.39 is 11.9 Å². The number of benzene rings is 3. The van der Waals surface area contributed by atoms with Crippen molar-refractivity contribution in [3.8, 4) is 0 Å². The molecule has 2 amide bonds. The molecule has 178 valence electrons. The van der Waals surface area contributed by atoms with E-state index >= 15 is 0 Å². The van der Waals surface area contributed by atoms with Crippen molar-refractivity contribution in [3.05, 3.63) is 105 Å². The summed E-state index contributed by atoms with van der Waals surface area (Å²) in [5.74, 6) is -1.13. The topological polar surface area (TPSA) is 49.4 Å². The summed E-state index contributed by atoms with van der Waals surface area (Å²) in [5, 5.41) is 3.63. The molecule has 34 heavy (non-hydrogen) atoms. The summed E-state index contributed by atoms with van der Waals surface area (Å²) in [5.41, 5.74) is 1.67. The highest BCUT2D eigenvalue weighted by Gasteiger charge is 2.31. The molecule has 1 atom stereocenters. The molecule has 3 aromatic rings. The van der Waals surface area contributed by atoms with E-state index in [9.17, 15) is 14.0 Å². The fourth-order valence-corrected chi connectivity index (χ4v) is 4.23. The van der Waals surface area contributed by atoms with Crippen LogP contribution < -0.4 is 5.32 Å². The van der Waals surface area contributed by atoms with Gasteiger partial charge in [-0.3, -0.25) is 9.59 Å². The van der Waals surface area contributed by atoms with E-state index in [1.165, 1.54) is 11.0 Å². The van der Waals surface area contributed by atoms with Crippen LogP contribution in [0.5, 0.6) is 0 Å². The van der Waals surface area contributed by atoms with Gasteiger partial charge in [0.1, 0.15) is 11.9 Å². The maximum Gasteiger partial charge on any atom is 0.243 e. The van der Waals surface area contributed by atoms with E-state index in [4.69, 9.17) is 23.2 Å². The molecule has 0 saturated carbocycles. The average Bonchev–Trinajstić information content (AvgIpc) is 2.80. The molecule has 4 nitrogen and oxygen atoms in total. The molecule has 1 N–H and O–H groups in total. The van der Waals surface area contributed by atoms with Crippen LogP contribution in [0.2, 0.25) is 10.0 Å². The van der Waals surface area contributed by atoms with Crippen molar-refractivity contribution in [2.24, 2.45) is 0 Å². The molecule has 0 aliphatic carbocycles. The maximum atomic E-state index is 14.6. The highest BCUT2D eigenvalue weighted by molar-refractivity contribution is 6.36. The van der Waals surface area contributed by atoms with E-state index in [0.717, 1.165) is 5.56 Å². The van der Waals surface area contributed by atoms with Crippen LogP contribution in [0.3, 0.4) is 0 Å². The molecule has 0 bridgehead atoms. The van der Waals surface area contributed by atoms with Gasteiger partial charge in [-0.25, -0.2) is 4.39 Å². The highest BCUT2D eigenvalue weighted by atomic mass is 35.5. The number of halogens is 3. The lowest BCUT2D eigenvalue weighted by atomic mass is 10.0. The minimum absolute atomic E-state index is 0.0728. The average molecular weight is 501 g/mol. The first-order valence-corrected chi connectivity index (χ1v) is 11.8. The van der Waals surface area contributed by atoms with Crippen molar-refractivity contribution in [1.82, 2.24) is 10.2 Å². The summed E-state index contributed by atoms with van der Waals surface area (Å²) in [6.07, 6.45) is 0.156. The molecule has 0 aliphatic rings. The first-order chi connectivity index (χ1) is 16.3. The molecular weight excluding hydrogens is 474 g/mol. The molecule has 0 saturated heterocycles. The molecular formula is C27H27Cl2FN2O2. The minimum Gasteiger partial charge on any atom is -0.352 e. The Labute approximate surface area is 209 Å². The van der Waals surface area contributed by atoms with E-state index in [-0.39, 0.29) is 37.2 Å². The molecule has 0 radical (unpaired) electrons. The van der Waals surface area contributed by atoms with Gasteiger partial charge in [0.05, 0.1) is 6.42 Å². The summed E-state index contributed by atoms with van der Waals surface area (Å²) >= 11 is 12.6. The number of nitrogens with one attached hydrogen (secondary N) is 1. The Balaban J connectivity index is 2.02. The monoisotopic (exact) mass is 500 g/mol. The molecule has 0 spiro atoms. The molecule has 3 rings (SSSR count). The Morgan fingerprint density at radius 3 is 2.15 bits per heavy atom. The molecule has 7 heteroatoms. The second-order valence-corrected chi connectivity index (χ2v) is 9.17. The molecule has 0 aliphatic heterocycles. The fourth-order valence-electron chi connectivity index (χ4n) is 3.70. The van der Waals surface area contributed by atoms with Crippen LogP contribution in [0.15, 0.2) is 72.8 Å². The number of carbonyl (C=O) groups is 2. The van der Waals surface area contributed by atoms with Crippen LogP contribution in [-0.4, -0.2) is 28.8 Å². The Bertz CT molecular complexity index is 1120. The lowest BCUT2D eigenvalue weighted by Gasteiger charge is -2.32. The van der Waals surface area contributed by atoms with E-state index in [2.05, 4.69) is 5.32 Å². The van der Waals surface area contributed by atoms with Gasteiger partial charge in [-0.05, 0) is 43.2 Å². The first-order valence-electron chi connectivity index (χ1n) is 11.1. The van der Waals surface area contributed by atoms with E-state index in [0.29, 0.717) is 21.2 Å². The summed E-state index contributed by atoms with van der Waals surface area (Å²) in [6, 6.07) is 19.7. The van der Waals surface area contributed by atoms with Crippen LogP contribution in [0.1, 0.15) is 30.5 Å². The summed E-state index contributed by atoms with van der Waals surface area (Å²) < 4.78 is 14.6. The first kappa shape index (κ1) is 25.7. The Morgan fingerprint density at radius 1 is 0.912 bits per heavy atom. The number of rotatable bonds is 9. The van der Waals surface area contributed by atoms with Gasteiger partial charge >= 0.3 is 0 Å². The van der Waals surface area contributed by atoms with Gasteiger partial charge in [0.15, 0.2) is 0 Å². The third kappa shape index (κ3) is 6.81. The predicted molar refractivity (Wildman–Crippen MR) is 134 cm³/mol. The number of hydrogen-bond donors (Lipinski definition) is 1. The van der Waals surface area contributed by atoms with Crippen LogP contribution in [0.4, 0.5) is 4.39 Å². The zero-order chi connectivity index (χ0) is 24.7. The number of carbonyl (C=O) groups excluding carboxylic acids is 2. The molecule has 1 unspecified atom stereocenters. The molecule has 0 aromatic heterocycles. The van der Waals surface area contributed by atoms with Crippen molar-refractivity contribution < 1.29 is 14.0 Å². The Hall–Kier alpha value is -2.89. The quantitative estimate of drug-likeness (QED) is 0.401. The van der Waals surface area contributed by atoms with Gasteiger partial charge in [0.2, 0.25) is 11.8 Å². The standard InChI is InChI=1S/C27H27Cl2FN2O2/c1-18(2)31-27(34)25(15-19-9-4-3-5-10-19)32(17-20-11-6-7-14-24(20)30)26(33)16-21-22(28)12-8-13-23(21)29/h3-14,18,25H,15-17H2,1-2H3,(H,31,34). The third-order valence-corrected chi connectivity index (χ3v) is 6.10. The normalized spacial score (nSPS) is 11.8. The third-order valence-electron chi connectivity index (χ3n) is 5.39. The summed E-state index contributed by atoms with van der Waals surface area (Å²) in [6.45, 7) is 3.63. The fraction of sp³-hybridized carbons (Fsp3) is 0.259. The zero-order valence-electron chi connectivity index (χ0n) is 19.1. The van der Waals surface area contributed by atoms with Gasteiger partial charge in [0, 0.05) is 34.6 Å². The Kier molecular flexibility index (Phi) is 9.08. The van der Waals surface area contributed by atoms with Crippen molar-refractivity contribution >= 4 is 35.0 Å². The number of amides is 2. The van der Waals surface area contributed by atoms with Crippen LogP contribution in [0.25, 0.3) is 0 Å². The maximum absolute atomic E-state index is 14.6. The van der Waals surface area contributed by atoms with Crippen LogP contribution in [0, 0.1) is 5.82 Å². The lowest BCUT2D eigenvalue weighted by molar-refractivity contribution is -0.141.